The van der Waals surface area contributed by atoms with Crippen LogP contribution in [-0.4, -0.2) is 64.2 Å². The number of nitrogens with zero attached hydrogens (tertiary/aromatic N) is 4. The van der Waals surface area contributed by atoms with Gasteiger partial charge in [0.2, 0.25) is 5.91 Å². The van der Waals surface area contributed by atoms with E-state index in [1.165, 1.54) is 23.5 Å². The number of carbonyl (C=O) groups is 2. The van der Waals surface area contributed by atoms with Crippen molar-refractivity contribution >= 4 is 90.2 Å². The maximum absolute atomic E-state index is 13.1. The van der Waals surface area contributed by atoms with Gasteiger partial charge in [-0.2, -0.15) is 0 Å². The summed E-state index contributed by atoms with van der Waals surface area (Å²) in [7, 11) is 0. The Bertz CT molecular complexity index is 1570. The van der Waals surface area contributed by atoms with Crippen LogP contribution in [0, 0.1) is 10.1 Å². The smallest absolute Gasteiger partial charge is 0.270 e. The van der Waals surface area contributed by atoms with Crippen LogP contribution in [0.2, 0.25) is 15.1 Å². The number of nitrogens with one attached hydrogen (secondary N) is 1. The van der Waals surface area contributed by atoms with Gasteiger partial charge >= 0.3 is 0 Å². The topological polar surface area (TPSA) is 109 Å². The largest absolute Gasteiger partial charge is 0.335 e. The molecule has 0 atom stereocenters. The highest BCUT2D eigenvalue weighted by atomic mass is 35.5. The minimum Gasteiger partial charge on any atom is -0.335 e. The highest BCUT2D eigenvalue weighted by Crippen LogP contribution is 2.38. The number of non-ortho nitro benzene ring substituents is 1. The second-order valence-corrected chi connectivity index (χ2v) is 11.6. The highest BCUT2D eigenvalue weighted by Gasteiger charge is 2.27. The Balaban J connectivity index is 1.16. The van der Waals surface area contributed by atoms with Crippen LogP contribution in [0.25, 0.3) is 21.3 Å². The number of anilines is 1. The number of thiophene rings is 1. The van der Waals surface area contributed by atoms with Crippen LogP contribution in [0.5, 0.6) is 0 Å². The van der Waals surface area contributed by atoms with Gasteiger partial charge in [0.25, 0.3) is 11.6 Å². The van der Waals surface area contributed by atoms with Crippen molar-refractivity contribution in [3.05, 3.63) is 71.8 Å². The van der Waals surface area contributed by atoms with Crippen molar-refractivity contribution in [1.82, 2.24) is 14.8 Å². The third kappa shape index (κ3) is 5.63. The first-order valence-corrected chi connectivity index (χ1v) is 14.1. The lowest BCUT2D eigenvalue weighted by molar-refractivity contribution is -0.384. The van der Waals surface area contributed by atoms with Gasteiger partial charge in [-0.05, 0) is 24.3 Å². The Kier molecular flexibility index (Phi) is 7.85. The molecule has 38 heavy (non-hydrogen) atoms. The molecule has 2 amide bonds. The summed E-state index contributed by atoms with van der Waals surface area (Å²) >= 11 is 21.1. The number of rotatable bonds is 6. The summed E-state index contributed by atoms with van der Waals surface area (Å²) in [6.07, 6.45) is 0. The monoisotopic (exact) mass is 609 g/mol. The van der Waals surface area contributed by atoms with E-state index in [-0.39, 0.29) is 24.0 Å². The van der Waals surface area contributed by atoms with Crippen LogP contribution in [0.4, 0.5) is 10.8 Å². The van der Waals surface area contributed by atoms with E-state index in [2.05, 4.69) is 10.3 Å². The molecule has 2 aromatic carbocycles. The molecule has 0 saturated carbocycles. The predicted octanol–water partition coefficient (Wildman–Crippen LogP) is 6.29. The lowest BCUT2D eigenvalue weighted by Gasteiger charge is -2.34. The number of piperazine rings is 1. The van der Waals surface area contributed by atoms with E-state index in [0.29, 0.717) is 67.0 Å². The van der Waals surface area contributed by atoms with Gasteiger partial charge in [0.05, 0.1) is 27.2 Å². The Labute approximate surface area is 239 Å². The average Bonchev–Trinajstić information content (AvgIpc) is 3.47. The van der Waals surface area contributed by atoms with Crippen LogP contribution >= 0.6 is 57.5 Å². The first-order valence-electron chi connectivity index (χ1n) is 11.3. The van der Waals surface area contributed by atoms with Crippen molar-refractivity contribution < 1.29 is 14.5 Å². The molecule has 0 aliphatic carbocycles. The SMILES string of the molecule is O=C(CN1CCN(C(=O)c2sc3cc([N+](=O)[O-])ccc3c2Cl)CC1)Nc1nc(-c2ccc(Cl)cc2Cl)cs1. The van der Waals surface area contributed by atoms with Crippen LogP contribution in [-0.2, 0) is 4.79 Å². The molecular formula is C24H18Cl3N5O4S2. The molecule has 5 rings (SSSR count). The van der Waals surface area contributed by atoms with Gasteiger partial charge in [-0.1, -0.05) is 34.8 Å². The van der Waals surface area contributed by atoms with Gasteiger partial charge in [-0.15, -0.1) is 22.7 Å². The lowest BCUT2D eigenvalue weighted by atomic mass is 10.2. The zero-order valence-electron chi connectivity index (χ0n) is 19.4. The molecule has 1 aliphatic heterocycles. The van der Waals surface area contributed by atoms with Crippen LogP contribution in [0.3, 0.4) is 0 Å². The van der Waals surface area contributed by atoms with E-state index in [9.17, 15) is 19.7 Å². The molecular weight excluding hydrogens is 593 g/mol. The van der Waals surface area contributed by atoms with Gasteiger partial charge in [0, 0.05) is 64.4 Å². The van der Waals surface area contributed by atoms with E-state index < -0.39 is 4.92 Å². The molecule has 0 spiro atoms. The molecule has 3 heterocycles. The Morgan fingerprint density at radius 3 is 2.55 bits per heavy atom. The molecule has 196 valence electrons. The molecule has 0 unspecified atom stereocenters. The van der Waals surface area contributed by atoms with E-state index in [4.69, 9.17) is 34.8 Å². The molecule has 0 bridgehead atoms. The minimum atomic E-state index is -0.480. The number of fused-ring (bicyclic) bond motifs is 1. The van der Waals surface area contributed by atoms with E-state index in [1.807, 2.05) is 10.3 Å². The van der Waals surface area contributed by atoms with Gasteiger partial charge < -0.3 is 10.2 Å². The molecule has 4 aromatic rings. The summed E-state index contributed by atoms with van der Waals surface area (Å²) in [5, 5.41) is 18.1. The number of nitro groups is 1. The fourth-order valence-electron chi connectivity index (χ4n) is 4.07. The van der Waals surface area contributed by atoms with E-state index in [1.54, 1.807) is 29.2 Å². The summed E-state index contributed by atoms with van der Waals surface area (Å²) < 4.78 is 0.589. The number of thiazole rings is 1. The number of aromatic nitrogens is 1. The molecule has 1 saturated heterocycles. The predicted molar refractivity (Wildman–Crippen MR) is 152 cm³/mol. The minimum absolute atomic E-state index is 0.0518. The molecule has 0 radical (unpaired) electrons. The summed E-state index contributed by atoms with van der Waals surface area (Å²) in [5.41, 5.74) is 1.32. The van der Waals surface area contributed by atoms with Gasteiger partial charge in [0.15, 0.2) is 5.13 Å². The van der Waals surface area contributed by atoms with Crippen molar-refractivity contribution in [1.29, 1.82) is 0 Å². The number of amides is 2. The third-order valence-corrected chi connectivity index (χ3v) is 8.95. The number of nitro benzene ring substituents is 1. The highest BCUT2D eigenvalue weighted by molar-refractivity contribution is 7.21. The number of hydrogen-bond acceptors (Lipinski definition) is 8. The van der Waals surface area contributed by atoms with E-state index in [0.717, 1.165) is 16.9 Å². The Morgan fingerprint density at radius 2 is 1.84 bits per heavy atom. The zero-order valence-corrected chi connectivity index (χ0v) is 23.4. The number of carbonyl (C=O) groups excluding carboxylic acids is 2. The first-order chi connectivity index (χ1) is 18.2. The van der Waals surface area contributed by atoms with Crippen LogP contribution in [0.1, 0.15) is 9.67 Å². The van der Waals surface area contributed by atoms with Gasteiger partial charge in [0.1, 0.15) is 4.88 Å². The zero-order chi connectivity index (χ0) is 27.0. The molecule has 1 fully saturated rings. The number of halogens is 3. The maximum Gasteiger partial charge on any atom is 0.270 e. The maximum atomic E-state index is 13.1. The van der Waals surface area contributed by atoms with Crippen molar-refractivity contribution in [2.24, 2.45) is 0 Å². The van der Waals surface area contributed by atoms with Crippen molar-refractivity contribution in [2.75, 3.05) is 38.0 Å². The Hall–Kier alpha value is -2.80. The quantitative estimate of drug-likeness (QED) is 0.203. The van der Waals surface area contributed by atoms with E-state index >= 15 is 0 Å². The molecule has 2 aromatic heterocycles. The molecule has 9 nitrogen and oxygen atoms in total. The molecule has 1 N–H and O–H groups in total. The average molecular weight is 611 g/mol. The van der Waals surface area contributed by atoms with Crippen LogP contribution in [0.15, 0.2) is 41.8 Å². The van der Waals surface area contributed by atoms with Gasteiger partial charge in [-0.3, -0.25) is 24.6 Å². The third-order valence-electron chi connectivity index (χ3n) is 6.00. The number of benzene rings is 2. The first kappa shape index (κ1) is 26.8. The van der Waals surface area contributed by atoms with Crippen molar-refractivity contribution in [2.45, 2.75) is 0 Å². The van der Waals surface area contributed by atoms with Crippen molar-refractivity contribution in [3.8, 4) is 11.3 Å². The Morgan fingerprint density at radius 1 is 1.08 bits per heavy atom. The fourth-order valence-corrected chi connectivity index (χ4v) is 6.82. The summed E-state index contributed by atoms with van der Waals surface area (Å²) in [6, 6.07) is 9.51. The van der Waals surface area contributed by atoms with Crippen LogP contribution < -0.4 is 5.32 Å². The van der Waals surface area contributed by atoms with Crippen molar-refractivity contribution in [3.63, 3.8) is 0 Å². The summed E-state index contributed by atoms with van der Waals surface area (Å²) in [5.74, 6) is -0.429. The molecule has 14 heteroatoms. The second-order valence-electron chi connectivity index (χ2n) is 8.46. The molecule has 1 aliphatic rings. The summed E-state index contributed by atoms with van der Waals surface area (Å²) in [4.78, 5) is 44.8. The lowest BCUT2D eigenvalue weighted by Crippen LogP contribution is -2.50. The fraction of sp³-hybridized carbons (Fsp3) is 0.208. The standard InChI is InChI=1S/C24H18Cl3N5O4S2/c25-13-1-3-15(17(26)9-13)18-12-37-24(28-18)29-20(33)11-30-5-7-31(8-6-30)23(34)22-21(27)16-4-2-14(32(35)36)10-19(16)38-22/h1-4,9-10,12H,5-8,11H2,(H,28,29,33). The van der Waals surface area contributed by atoms with Gasteiger partial charge in [-0.25, -0.2) is 4.98 Å². The summed E-state index contributed by atoms with van der Waals surface area (Å²) in [6.45, 7) is 2.03. The number of hydrogen-bond donors (Lipinski definition) is 1. The second kappa shape index (κ2) is 11.1. The normalized spacial score (nSPS) is 14.1.